The molecule has 1 aliphatic heterocycles. The standard InChI is InChI=1S/C70H60O5/c1-11-31-51(32-12-1)61-62(52-33-13-2-14-34-52)72-65(55-39-19-5-20-40-55)66(56-41-21-6-22-42-56)74-69(59-47-27-9-28-48-59)70(60-49-29-10-30-50-60)75-68(58-45-25-8-26-46-58)67(57-43-23-7-24-44-57)73-64(54-37-17-4-18-38-54)63(71-61)53-35-15-3-16-36-53/h1-50,61-70H. The molecule has 0 N–H and O–H groups in total. The molecule has 10 unspecified atom stereocenters. The number of ether oxygens (including phenoxy) is 5. The molecule has 10 aromatic rings. The summed E-state index contributed by atoms with van der Waals surface area (Å²) >= 11 is 0. The molecule has 10 aromatic carbocycles. The molecule has 0 radical (unpaired) electrons. The lowest BCUT2D eigenvalue weighted by atomic mass is 9.92. The van der Waals surface area contributed by atoms with Gasteiger partial charge in [0.15, 0.2) is 0 Å². The molecule has 1 heterocycles. The Kier molecular flexibility index (Phi) is 16.0. The maximum atomic E-state index is 8.03. The van der Waals surface area contributed by atoms with Crippen molar-refractivity contribution in [1.29, 1.82) is 0 Å². The van der Waals surface area contributed by atoms with Crippen molar-refractivity contribution in [2.45, 2.75) is 61.0 Å². The predicted molar refractivity (Wildman–Crippen MR) is 297 cm³/mol. The van der Waals surface area contributed by atoms with Gasteiger partial charge in [0.1, 0.15) is 61.0 Å². The lowest BCUT2D eigenvalue weighted by molar-refractivity contribution is -0.195. The lowest BCUT2D eigenvalue weighted by Crippen LogP contribution is -2.28. The summed E-state index contributed by atoms with van der Waals surface area (Å²) in [6.45, 7) is 0. The third-order valence-corrected chi connectivity index (χ3v) is 14.1. The average molecular weight is 981 g/mol. The third kappa shape index (κ3) is 11.7. The zero-order valence-corrected chi connectivity index (χ0v) is 41.7. The molecule has 11 rings (SSSR count). The molecule has 0 aromatic heterocycles. The van der Waals surface area contributed by atoms with E-state index in [0.29, 0.717) is 0 Å². The Morgan fingerprint density at radius 3 is 0.280 bits per heavy atom. The first kappa shape index (κ1) is 49.2. The molecule has 5 heteroatoms. The molecule has 0 bridgehead atoms. The minimum atomic E-state index is -0.695. The van der Waals surface area contributed by atoms with E-state index in [1.165, 1.54) is 0 Å². The summed E-state index contributed by atoms with van der Waals surface area (Å²) in [5.74, 6) is 0. The average Bonchev–Trinajstić information content (AvgIpc) is 3.50. The number of hydrogen-bond acceptors (Lipinski definition) is 5. The molecular weight excluding hydrogens is 921 g/mol. The largest absolute Gasteiger partial charge is 0.359 e. The van der Waals surface area contributed by atoms with Crippen LogP contribution in [0.15, 0.2) is 303 Å². The summed E-state index contributed by atoms with van der Waals surface area (Å²) in [4.78, 5) is 0. The van der Waals surface area contributed by atoms with E-state index >= 15 is 0 Å². The van der Waals surface area contributed by atoms with Crippen molar-refractivity contribution in [3.63, 3.8) is 0 Å². The highest BCUT2D eigenvalue weighted by molar-refractivity contribution is 5.34. The smallest absolute Gasteiger partial charge is 0.114 e. The first-order valence-electron chi connectivity index (χ1n) is 26.0. The topological polar surface area (TPSA) is 46.2 Å². The van der Waals surface area contributed by atoms with Gasteiger partial charge in [-0.25, -0.2) is 0 Å². The van der Waals surface area contributed by atoms with E-state index in [1.807, 2.05) is 60.7 Å². The quantitative estimate of drug-likeness (QED) is 0.137. The number of hydrogen-bond donors (Lipinski definition) is 0. The fraction of sp³-hybridized carbons (Fsp3) is 0.143. The second-order valence-electron chi connectivity index (χ2n) is 19.0. The lowest BCUT2D eigenvalue weighted by Gasteiger charge is -2.39. The van der Waals surface area contributed by atoms with Crippen LogP contribution in [-0.2, 0) is 23.7 Å². The van der Waals surface area contributed by atoms with Crippen LogP contribution in [0.25, 0.3) is 0 Å². The highest BCUT2D eigenvalue weighted by Gasteiger charge is 2.44. The molecule has 5 nitrogen and oxygen atoms in total. The van der Waals surface area contributed by atoms with Crippen molar-refractivity contribution in [2.24, 2.45) is 0 Å². The predicted octanol–water partition coefficient (Wildman–Crippen LogP) is 17.5. The van der Waals surface area contributed by atoms with Crippen LogP contribution in [0.3, 0.4) is 0 Å². The van der Waals surface area contributed by atoms with Gasteiger partial charge in [-0.1, -0.05) is 303 Å². The van der Waals surface area contributed by atoms with E-state index in [1.54, 1.807) is 0 Å². The second-order valence-corrected chi connectivity index (χ2v) is 19.0. The van der Waals surface area contributed by atoms with Crippen molar-refractivity contribution < 1.29 is 23.7 Å². The summed E-state index contributed by atoms with van der Waals surface area (Å²) in [6, 6.07) is 105. The summed E-state index contributed by atoms with van der Waals surface area (Å²) in [6.07, 6.45) is -6.95. The maximum absolute atomic E-state index is 8.03. The molecule has 75 heavy (non-hydrogen) atoms. The molecule has 1 fully saturated rings. The fourth-order valence-electron chi connectivity index (χ4n) is 10.5. The van der Waals surface area contributed by atoms with Crippen LogP contribution in [0.5, 0.6) is 0 Å². The first-order valence-corrected chi connectivity index (χ1v) is 26.0. The Balaban J connectivity index is 1.24. The zero-order valence-electron chi connectivity index (χ0n) is 41.7. The second kappa shape index (κ2) is 24.4. The Bertz CT molecular complexity index is 2480. The highest BCUT2D eigenvalue weighted by Crippen LogP contribution is 2.54. The number of rotatable bonds is 10. The van der Waals surface area contributed by atoms with Crippen molar-refractivity contribution in [1.82, 2.24) is 0 Å². The molecule has 1 saturated heterocycles. The first-order chi connectivity index (χ1) is 37.2. The van der Waals surface area contributed by atoms with Gasteiger partial charge in [-0.15, -0.1) is 0 Å². The SMILES string of the molecule is c1ccc(C2OC(c3ccccc3)C(c3ccccc3)OC(c3ccccc3)C(c3ccccc3)OC(c3ccccc3)C(c3ccccc3)OC(c3ccccc3)C(c3ccccc3)OC2c2ccccc2)cc1. The van der Waals surface area contributed by atoms with E-state index in [0.717, 1.165) is 55.6 Å². The van der Waals surface area contributed by atoms with Crippen LogP contribution in [0.2, 0.25) is 0 Å². The van der Waals surface area contributed by atoms with Crippen LogP contribution in [0.4, 0.5) is 0 Å². The normalized spacial score (nSPS) is 23.7. The molecular formula is C70H60O5. The van der Waals surface area contributed by atoms with E-state index in [4.69, 9.17) is 23.7 Å². The van der Waals surface area contributed by atoms with Crippen molar-refractivity contribution in [3.8, 4) is 0 Å². The fourth-order valence-corrected chi connectivity index (χ4v) is 10.5. The summed E-state index contributed by atoms with van der Waals surface area (Å²) in [5, 5.41) is 0. The van der Waals surface area contributed by atoms with Gasteiger partial charge in [0.2, 0.25) is 0 Å². The van der Waals surface area contributed by atoms with Crippen molar-refractivity contribution in [3.05, 3.63) is 359 Å². The maximum Gasteiger partial charge on any atom is 0.114 e. The Hall–Kier alpha value is -8.00. The monoisotopic (exact) mass is 980 g/mol. The van der Waals surface area contributed by atoms with Crippen LogP contribution in [-0.4, -0.2) is 0 Å². The summed E-state index contributed by atoms with van der Waals surface area (Å²) in [7, 11) is 0. The summed E-state index contributed by atoms with van der Waals surface area (Å²) in [5.41, 5.74) is 9.48. The number of benzene rings is 10. The third-order valence-electron chi connectivity index (χ3n) is 14.1. The Morgan fingerprint density at radius 2 is 0.200 bits per heavy atom. The van der Waals surface area contributed by atoms with E-state index < -0.39 is 61.0 Å². The van der Waals surface area contributed by atoms with Gasteiger partial charge in [0.25, 0.3) is 0 Å². The van der Waals surface area contributed by atoms with Gasteiger partial charge in [-0.3, -0.25) is 0 Å². The van der Waals surface area contributed by atoms with Gasteiger partial charge in [-0.2, -0.15) is 0 Å². The molecule has 1 aliphatic rings. The van der Waals surface area contributed by atoms with Crippen LogP contribution >= 0.6 is 0 Å². The molecule has 0 aliphatic carbocycles. The summed E-state index contributed by atoms with van der Waals surface area (Å²) < 4.78 is 40.2. The molecule has 0 spiro atoms. The minimum absolute atomic E-state index is 0.695. The van der Waals surface area contributed by atoms with Crippen LogP contribution < -0.4 is 0 Å². The van der Waals surface area contributed by atoms with E-state index in [9.17, 15) is 0 Å². The minimum Gasteiger partial charge on any atom is -0.359 e. The van der Waals surface area contributed by atoms with E-state index in [-0.39, 0.29) is 0 Å². The van der Waals surface area contributed by atoms with Gasteiger partial charge < -0.3 is 23.7 Å². The van der Waals surface area contributed by atoms with Crippen molar-refractivity contribution in [2.75, 3.05) is 0 Å². The Morgan fingerprint density at radius 1 is 0.120 bits per heavy atom. The highest BCUT2D eigenvalue weighted by atomic mass is 16.6. The molecule has 0 amide bonds. The zero-order chi connectivity index (χ0) is 50.4. The van der Waals surface area contributed by atoms with Gasteiger partial charge in [0.05, 0.1) is 0 Å². The van der Waals surface area contributed by atoms with E-state index in [2.05, 4.69) is 243 Å². The van der Waals surface area contributed by atoms with Crippen LogP contribution in [0, 0.1) is 0 Å². The van der Waals surface area contributed by atoms with Gasteiger partial charge >= 0.3 is 0 Å². The molecule has 10 atom stereocenters. The molecule has 0 saturated carbocycles. The van der Waals surface area contributed by atoms with Gasteiger partial charge in [-0.05, 0) is 55.6 Å². The van der Waals surface area contributed by atoms with Crippen LogP contribution in [0.1, 0.15) is 117 Å². The Labute approximate surface area is 441 Å². The van der Waals surface area contributed by atoms with Crippen molar-refractivity contribution >= 4 is 0 Å². The van der Waals surface area contributed by atoms with Gasteiger partial charge in [0, 0.05) is 0 Å². The molecule has 370 valence electrons.